The van der Waals surface area contributed by atoms with Crippen molar-refractivity contribution >= 4 is 5.97 Å². The molecule has 0 aromatic rings. The molecule has 0 aromatic carbocycles. The summed E-state index contributed by atoms with van der Waals surface area (Å²) in [5, 5.41) is 0. The molecule has 1 aliphatic rings. The Balaban J connectivity index is 2.66. The lowest BCUT2D eigenvalue weighted by molar-refractivity contribution is -0.142. The highest BCUT2D eigenvalue weighted by molar-refractivity contribution is 5.76. The maximum Gasteiger partial charge on any atom is 0.316 e. The summed E-state index contributed by atoms with van der Waals surface area (Å²) in [4.78, 5) is 11.1. The molecule has 0 fully saturated rings. The summed E-state index contributed by atoms with van der Waals surface area (Å²) in [7, 11) is 2.98. The third kappa shape index (κ3) is 1.87. The van der Waals surface area contributed by atoms with Crippen molar-refractivity contribution in [3.63, 3.8) is 0 Å². The fourth-order valence-electron chi connectivity index (χ4n) is 1.09. The number of allylic oxidation sites excluding steroid dienone is 1. The van der Waals surface area contributed by atoms with Crippen molar-refractivity contribution in [1.29, 1.82) is 0 Å². The van der Waals surface area contributed by atoms with Crippen LogP contribution in [0.1, 0.15) is 6.42 Å². The van der Waals surface area contributed by atoms with Gasteiger partial charge in [0.1, 0.15) is 0 Å². The molecule has 0 heterocycles. The van der Waals surface area contributed by atoms with E-state index >= 15 is 0 Å². The van der Waals surface area contributed by atoms with Crippen molar-refractivity contribution in [2.45, 2.75) is 6.42 Å². The highest BCUT2D eigenvalue weighted by Gasteiger charge is 2.16. The first kappa shape index (κ1) is 8.84. The minimum Gasteiger partial charge on any atom is -0.501 e. The fraction of sp³-hybridized carbons (Fsp3) is 0.444. The van der Waals surface area contributed by atoms with Gasteiger partial charge in [0.25, 0.3) is 0 Å². The molecule has 0 saturated heterocycles. The molecule has 0 bridgehead atoms. The molecule has 0 radical (unpaired) electrons. The summed E-state index contributed by atoms with van der Waals surface area (Å²) < 4.78 is 9.61. The number of carbonyl (C=O) groups is 1. The van der Waals surface area contributed by atoms with Crippen LogP contribution in [0.25, 0.3) is 0 Å². The van der Waals surface area contributed by atoms with Crippen molar-refractivity contribution in [2.24, 2.45) is 5.92 Å². The van der Waals surface area contributed by atoms with Crippen molar-refractivity contribution in [3.8, 4) is 0 Å². The Kier molecular flexibility index (Phi) is 2.91. The molecule has 0 saturated carbocycles. The molecule has 1 unspecified atom stereocenters. The molecule has 0 aromatic heterocycles. The smallest absolute Gasteiger partial charge is 0.316 e. The van der Waals surface area contributed by atoms with E-state index in [0.717, 1.165) is 12.2 Å². The molecule has 1 rings (SSSR count). The zero-order chi connectivity index (χ0) is 8.97. The fourth-order valence-corrected chi connectivity index (χ4v) is 1.09. The number of ether oxygens (including phenoxy) is 2. The second-order valence-corrected chi connectivity index (χ2v) is 2.52. The third-order valence-corrected chi connectivity index (χ3v) is 1.76. The van der Waals surface area contributed by atoms with Crippen LogP contribution in [0.5, 0.6) is 0 Å². The standard InChI is InChI=1S/C9H12O3/c1-11-8-5-3-4-7(6-8)9(10)12-2/h3-4,6-7H,5H2,1-2H3. The van der Waals surface area contributed by atoms with E-state index in [0.29, 0.717) is 0 Å². The van der Waals surface area contributed by atoms with E-state index in [1.165, 1.54) is 7.11 Å². The predicted molar refractivity (Wildman–Crippen MR) is 44.4 cm³/mol. The van der Waals surface area contributed by atoms with Crippen LogP contribution >= 0.6 is 0 Å². The zero-order valence-electron chi connectivity index (χ0n) is 7.24. The Hall–Kier alpha value is -1.25. The monoisotopic (exact) mass is 168 g/mol. The summed E-state index contributed by atoms with van der Waals surface area (Å²) in [5.41, 5.74) is 0. The molecule has 0 amide bonds. The van der Waals surface area contributed by atoms with Gasteiger partial charge in [-0.2, -0.15) is 0 Å². The topological polar surface area (TPSA) is 35.5 Å². The molecule has 0 N–H and O–H groups in total. The van der Waals surface area contributed by atoms with Crippen LogP contribution in [0, 0.1) is 5.92 Å². The minimum atomic E-state index is -0.279. The van der Waals surface area contributed by atoms with Crippen LogP contribution in [0.3, 0.4) is 0 Å². The van der Waals surface area contributed by atoms with Gasteiger partial charge < -0.3 is 9.47 Å². The lowest BCUT2D eigenvalue weighted by Crippen LogP contribution is -2.14. The quantitative estimate of drug-likeness (QED) is 0.460. The van der Waals surface area contributed by atoms with E-state index in [1.807, 2.05) is 12.2 Å². The molecule has 1 aliphatic carbocycles. The maximum atomic E-state index is 11.1. The molecule has 12 heavy (non-hydrogen) atoms. The van der Waals surface area contributed by atoms with Gasteiger partial charge in [0.15, 0.2) is 0 Å². The van der Waals surface area contributed by atoms with E-state index in [-0.39, 0.29) is 11.9 Å². The third-order valence-electron chi connectivity index (χ3n) is 1.76. The SMILES string of the molecule is COC(=O)C1C=CCC(OC)=C1. The van der Waals surface area contributed by atoms with E-state index in [4.69, 9.17) is 4.74 Å². The molecular weight excluding hydrogens is 156 g/mol. The first-order chi connectivity index (χ1) is 5.77. The van der Waals surface area contributed by atoms with Crippen LogP contribution in [-0.2, 0) is 14.3 Å². The summed E-state index contributed by atoms with van der Waals surface area (Å²) >= 11 is 0. The Bertz CT molecular complexity index is 228. The summed E-state index contributed by atoms with van der Waals surface area (Å²) in [6.45, 7) is 0. The molecule has 0 aliphatic heterocycles. The normalized spacial score (nSPS) is 21.5. The average molecular weight is 168 g/mol. The van der Waals surface area contributed by atoms with Gasteiger partial charge in [0, 0.05) is 6.42 Å². The van der Waals surface area contributed by atoms with Crippen LogP contribution in [0.4, 0.5) is 0 Å². The summed E-state index contributed by atoms with van der Waals surface area (Å²) in [6.07, 6.45) is 6.24. The lowest BCUT2D eigenvalue weighted by atomic mass is 10.0. The average Bonchev–Trinajstić information content (AvgIpc) is 2.17. The number of hydrogen-bond acceptors (Lipinski definition) is 3. The first-order valence-corrected chi connectivity index (χ1v) is 3.77. The van der Waals surface area contributed by atoms with Crippen LogP contribution in [-0.4, -0.2) is 20.2 Å². The summed E-state index contributed by atoms with van der Waals surface area (Å²) in [6, 6.07) is 0. The van der Waals surface area contributed by atoms with Crippen molar-refractivity contribution in [3.05, 3.63) is 24.0 Å². The van der Waals surface area contributed by atoms with Gasteiger partial charge in [-0.1, -0.05) is 12.2 Å². The van der Waals surface area contributed by atoms with Gasteiger partial charge in [-0.3, -0.25) is 4.79 Å². The molecule has 3 heteroatoms. The Morgan fingerprint density at radius 1 is 1.58 bits per heavy atom. The van der Waals surface area contributed by atoms with Gasteiger partial charge in [-0.25, -0.2) is 0 Å². The van der Waals surface area contributed by atoms with Gasteiger partial charge >= 0.3 is 5.97 Å². The highest BCUT2D eigenvalue weighted by Crippen LogP contribution is 2.17. The van der Waals surface area contributed by atoms with E-state index in [1.54, 1.807) is 13.2 Å². The van der Waals surface area contributed by atoms with Gasteiger partial charge in [-0.15, -0.1) is 0 Å². The maximum absolute atomic E-state index is 11.1. The van der Waals surface area contributed by atoms with Crippen molar-refractivity contribution in [1.82, 2.24) is 0 Å². The van der Waals surface area contributed by atoms with E-state index in [2.05, 4.69) is 4.74 Å². The second-order valence-electron chi connectivity index (χ2n) is 2.52. The predicted octanol–water partition coefficient (Wildman–Crippen LogP) is 1.27. The largest absolute Gasteiger partial charge is 0.501 e. The highest BCUT2D eigenvalue weighted by atomic mass is 16.5. The molecule has 66 valence electrons. The number of carbonyl (C=O) groups excluding carboxylic acids is 1. The van der Waals surface area contributed by atoms with Gasteiger partial charge in [0.2, 0.25) is 0 Å². The Morgan fingerprint density at radius 2 is 2.33 bits per heavy atom. The molecule has 3 nitrogen and oxygen atoms in total. The zero-order valence-corrected chi connectivity index (χ0v) is 7.24. The minimum absolute atomic E-state index is 0.250. The van der Waals surface area contributed by atoms with Crippen LogP contribution in [0.15, 0.2) is 24.0 Å². The van der Waals surface area contributed by atoms with Crippen molar-refractivity contribution in [2.75, 3.05) is 14.2 Å². The lowest BCUT2D eigenvalue weighted by Gasteiger charge is -2.12. The number of esters is 1. The van der Waals surface area contributed by atoms with E-state index in [9.17, 15) is 4.79 Å². The van der Waals surface area contributed by atoms with Crippen molar-refractivity contribution < 1.29 is 14.3 Å². The Morgan fingerprint density at radius 3 is 2.92 bits per heavy atom. The van der Waals surface area contributed by atoms with Crippen LogP contribution < -0.4 is 0 Å². The molecule has 1 atom stereocenters. The number of hydrogen-bond donors (Lipinski definition) is 0. The van der Waals surface area contributed by atoms with Gasteiger partial charge in [0.05, 0.1) is 25.9 Å². The van der Waals surface area contributed by atoms with E-state index < -0.39 is 0 Å². The Labute approximate surface area is 71.7 Å². The summed E-state index contributed by atoms with van der Waals surface area (Å²) in [5.74, 6) is 0.284. The number of methoxy groups -OCH3 is 2. The first-order valence-electron chi connectivity index (χ1n) is 3.77. The van der Waals surface area contributed by atoms with Gasteiger partial charge in [-0.05, 0) is 6.08 Å². The number of rotatable bonds is 2. The molecule has 0 spiro atoms. The van der Waals surface area contributed by atoms with Crippen LogP contribution in [0.2, 0.25) is 0 Å². The molecular formula is C9H12O3. The second kappa shape index (κ2) is 3.95.